The van der Waals surface area contributed by atoms with Crippen LogP contribution in [0.25, 0.3) is 0 Å². The second-order valence-corrected chi connectivity index (χ2v) is 4.59. The molecule has 76 valence electrons. The highest BCUT2D eigenvalue weighted by Crippen LogP contribution is 2.39. The fourth-order valence-corrected chi connectivity index (χ4v) is 1.90. The Hall–Kier alpha value is -1.06. The van der Waals surface area contributed by atoms with Crippen LogP contribution in [-0.4, -0.2) is 14.3 Å². The Labute approximate surface area is 82.5 Å². The first-order valence-electron chi connectivity index (χ1n) is 5.39. The van der Waals surface area contributed by atoms with E-state index in [2.05, 4.69) is 5.10 Å². The third-order valence-electron chi connectivity index (χ3n) is 3.12. The van der Waals surface area contributed by atoms with Crippen molar-refractivity contribution in [3.05, 3.63) is 16.3 Å². The van der Waals surface area contributed by atoms with Crippen LogP contribution in [0, 0.1) is 5.92 Å². The molecular weight excluding hydrogens is 178 g/mol. The Bertz CT molecular complexity index is 409. The van der Waals surface area contributed by atoms with Gasteiger partial charge in [0.1, 0.15) is 5.82 Å². The maximum absolute atomic E-state index is 11.7. The largest absolute Gasteiger partial charge is 0.345 e. The SMILES string of the molecule is Cn1nc(C2CC2)n(CC2CC2)c1=O. The van der Waals surface area contributed by atoms with Crippen molar-refractivity contribution in [2.24, 2.45) is 13.0 Å². The Kier molecular flexibility index (Phi) is 1.60. The molecule has 0 radical (unpaired) electrons. The van der Waals surface area contributed by atoms with Crippen molar-refractivity contribution < 1.29 is 0 Å². The third-order valence-corrected chi connectivity index (χ3v) is 3.12. The molecule has 0 unspecified atom stereocenters. The van der Waals surface area contributed by atoms with Crippen molar-refractivity contribution in [1.29, 1.82) is 0 Å². The quantitative estimate of drug-likeness (QED) is 0.714. The smallest absolute Gasteiger partial charge is 0.278 e. The normalized spacial score (nSPS) is 21.5. The van der Waals surface area contributed by atoms with E-state index in [-0.39, 0.29) is 5.69 Å². The Morgan fingerprint density at radius 2 is 2.07 bits per heavy atom. The van der Waals surface area contributed by atoms with Gasteiger partial charge in [0.2, 0.25) is 0 Å². The molecule has 14 heavy (non-hydrogen) atoms. The summed E-state index contributed by atoms with van der Waals surface area (Å²) in [4.78, 5) is 11.7. The van der Waals surface area contributed by atoms with E-state index >= 15 is 0 Å². The van der Waals surface area contributed by atoms with E-state index in [0.717, 1.165) is 18.3 Å². The molecule has 1 aromatic rings. The molecule has 4 heteroatoms. The van der Waals surface area contributed by atoms with Crippen LogP contribution in [0.2, 0.25) is 0 Å². The van der Waals surface area contributed by atoms with Gasteiger partial charge in [0.25, 0.3) is 0 Å². The molecule has 0 N–H and O–H groups in total. The molecule has 1 aromatic heterocycles. The Morgan fingerprint density at radius 3 is 2.64 bits per heavy atom. The highest BCUT2D eigenvalue weighted by Gasteiger charge is 2.32. The molecule has 0 spiro atoms. The molecule has 3 rings (SSSR count). The van der Waals surface area contributed by atoms with Crippen molar-refractivity contribution in [2.45, 2.75) is 38.1 Å². The maximum atomic E-state index is 11.7. The van der Waals surface area contributed by atoms with Gasteiger partial charge >= 0.3 is 5.69 Å². The van der Waals surface area contributed by atoms with Crippen molar-refractivity contribution in [3.63, 3.8) is 0 Å². The number of nitrogens with zero attached hydrogens (tertiary/aromatic N) is 3. The molecule has 2 fully saturated rings. The molecule has 0 aromatic carbocycles. The molecule has 2 saturated carbocycles. The van der Waals surface area contributed by atoms with E-state index in [1.807, 2.05) is 4.57 Å². The summed E-state index contributed by atoms with van der Waals surface area (Å²) < 4.78 is 3.38. The first kappa shape index (κ1) is 8.26. The molecule has 0 saturated heterocycles. The minimum absolute atomic E-state index is 0.0683. The van der Waals surface area contributed by atoms with Crippen LogP contribution in [0.4, 0.5) is 0 Å². The lowest BCUT2D eigenvalue weighted by Crippen LogP contribution is -2.24. The fraction of sp³-hybridized carbons (Fsp3) is 0.800. The first-order valence-corrected chi connectivity index (χ1v) is 5.39. The summed E-state index contributed by atoms with van der Waals surface area (Å²) in [5.41, 5.74) is 0.0683. The fourth-order valence-electron chi connectivity index (χ4n) is 1.90. The van der Waals surface area contributed by atoms with E-state index in [1.165, 1.54) is 30.4 Å². The van der Waals surface area contributed by atoms with E-state index in [1.54, 1.807) is 7.05 Å². The standard InChI is InChI=1S/C10H15N3O/c1-12-10(14)13(6-7-2-3-7)9(11-12)8-4-5-8/h7-8H,2-6H2,1H3. The number of hydrogen-bond acceptors (Lipinski definition) is 2. The van der Waals surface area contributed by atoms with Crippen molar-refractivity contribution >= 4 is 0 Å². The summed E-state index contributed by atoms with van der Waals surface area (Å²) in [5.74, 6) is 2.35. The zero-order chi connectivity index (χ0) is 9.71. The molecule has 0 amide bonds. The predicted octanol–water partition coefficient (Wildman–Crippen LogP) is 0.869. The van der Waals surface area contributed by atoms with Gasteiger partial charge < -0.3 is 0 Å². The first-order chi connectivity index (χ1) is 6.75. The van der Waals surface area contributed by atoms with Gasteiger partial charge in [-0.05, 0) is 31.6 Å². The van der Waals surface area contributed by atoms with Crippen molar-refractivity contribution in [3.8, 4) is 0 Å². The van der Waals surface area contributed by atoms with Gasteiger partial charge in [0.15, 0.2) is 0 Å². The van der Waals surface area contributed by atoms with Gasteiger partial charge in [-0.25, -0.2) is 9.48 Å². The van der Waals surface area contributed by atoms with Crippen LogP contribution in [0.3, 0.4) is 0 Å². The number of hydrogen-bond donors (Lipinski definition) is 0. The summed E-state index contributed by atoms with van der Waals surface area (Å²) in [6.45, 7) is 0.901. The van der Waals surface area contributed by atoms with Gasteiger partial charge in [-0.15, -0.1) is 0 Å². The van der Waals surface area contributed by atoms with Crippen LogP contribution in [0.5, 0.6) is 0 Å². The molecular formula is C10H15N3O. The minimum Gasteiger partial charge on any atom is -0.278 e. The Balaban J connectivity index is 1.99. The summed E-state index contributed by atoms with van der Waals surface area (Å²) in [6.07, 6.45) is 4.99. The molecule has 0 atom stereocenters. The zero-order valence-corrected chi connectivity index (χ0v) is 8.44. The molecule has 0 aliphatic heterocycles. The third kappa shape index (κ3) is 1.29. The summed E-state index contributed by atoms with van der Waals surface area (Å²) >= 11 is 0. The van der Waals surface area contributed by atoms with Crippen LogP contribution in [0.15, 0.2) is 4.79 Å². The topological polar surface area (TPSA) is 39.8 Å². The highest BCUT2D eigenvalue weighted by atomic mass is 16.2. The van der Waals surface area contributed by atoms with Crippen LogP contribution < -0.4 is 5.69 Å². The van der Waals surface area contributed by atoms with Gasteiger partial charge in [0, 0.05) is 19.5 Å². The second kappa shape index (κ2) is 2.72. The van der Waals surface area contributed by atoms with Crippen LogP contribution in [0.1, 0.15) is 37.4 Å². The average Bonchev–Trinajstić information content (AvgIpc) is 3.00. The maximum Gasteiger partial charge on any atom is 0.345 e. The van der Waals surface area contributed by atoms with Crippen LogP contribution >= 0.6 is 0 Å². The van der Waals surface area contributed by atoms with E-state index in [4.69, 9.17) is 0 Å². The van der Waals surface area contributed by atoms with Crippen molar-refractivity contribution in [1.82, 2.24) is 14.3 Å². The predicted molar refractivity (Wildman–Crippen MR) is 52.2 cm³/mol. The monoisotopic (exact) mass is 193 g/mol. The lowest BCUT2D eigenvalue weighted by molar-refractivity contribution is 0.575. The zero-order valence-electron chi connectivity index (χ0n) is 8.44. The number of rotatable bonds is 3. The van der Waals surface area contributed by atoms with Gasteiger partial charge in [0.05, 0.1) is 0 Å². The lowest BCUT2D eigenvalue weighted by Gasteiger charge is -2.01. The number of aryl methyl sites for hydroxylation is 1. The van der Waals surface area contributed by atoms with Crippen molar-refractivity contribution in [2.75, 3.05) is 0 Å². The average molecular weight is 193 g/mol. The lowest BCUT2D eigenvalue weighted by atomic mass is 10.3. The van der Waals surface area contributed by atoms with Gasteiger partial charge in [-0.2, -0.15) is 5.10 Å². The summed E-state index contributed by atoms with van der Waals surface area (Å²) in [6, 6.07) is 0. The second-order valence-electron chi connectivity index (χ2n) is 4.59. The van der Waals surface area contributed by atoms with E-state index in [9.17, 15) is 4.79 Å². The highest BCUT2D eigenvalue weighted by molar-refractivity contribution is 5.05. The van der Waals surface area contributed by atoms with E-state index < -0.39 is 0 Å². The molecule has 4 nitrogen and oxygen atoms in total. The molecule has 2 aliphatic rings. The van der Waals surface area contributed by atoms with Gasteiger partial charge in [-0.1, -0.05) is 0 Å². The Morgan fingerprint density at radius 1 is 1.36 bits per heavy atom. The molecule has 2 aliphatic carbocycles. The molecule has 1 heterocycles. The van der Waals surface area contributed by atoms with Gasteiger partial charge in [-0.3, -0.25) is 4.57 Å². The molecule has 0 bridgehead atoms. The summed E-state index contributed by atoms with van der Waals surface area (Å²) in [7, 11) is 1.75. The summed E-state index contributed by atoms with van der Waals surface area (Å²) in [5, 5.41) is 4.32. The minimum atomic E-state index is 0.0683. The number of aromatic nitrogens is 3. The van der Waals surface area contributed by atoms with E-state index in [0.29, 0.717) is 5.92 Å². The van der Waals surface area contributed by atoms with Crippen LogP contribution in [-0.2, 0) is 13.6 Å².